The van der Waals surface area contributed by atoms with Crippen LogP contribution >= 0.6 is 0 Å². The Bertz CT molecular complexity index is 233. The van der Waals surface area contributed by atoms with Crippen LogP contribution in [0.5, 0.6) is 0 Å². The van der Waals surface area contributed by atoms with Crippen molar-refractivity contribution in [3.63, 3.8) is 0 Å². The molecule has 1 saturated heterocycles. The molecule has 0 aliphatic carbocycles. The largest absolute Gasteiger partial charge is 0.370 e. The molecule has 2 nitrogen and oxygen atoms in total. The average molecular weight is 210 g/mol. The minimum absolute atomic E-state index is 0.172. The van der Waals surface area contributed by atoms with E-state index in [1.807, 2.05) is 0 Å². The third-order valence-electron chi connectivity index (χ3n) is 3.17. The molecule has 0 aromatic rings. The van der Waals surface area contributed by atoms with E-state index in [4.69, 9.17) is 4.74 Å². The number of ether oxygens (including phenoxy) is 1. The summed E-state index contributed by atoms with van der Waals surface area (Å²) in [6, 6.07) is 0. The lowest BCUT2D eigenvalue weighted by atomic mass is 9.83. The average Bonchev–Trinajstić information content (AvgIpc) is 2.19. The predicted octanol–water partition coefficient (Wildman–Crippen LogP) is 2.97. The van der Waals surface area contributed by atoms with Crippen molar-refractivity contribution in [2.24, 2.45) is 11.8 Å². The lowest BCUT2D eigenvalue weighted by Crippen LogP contribution is -2.37. The fourth-order valence-corrected chi connectivity index (χ4v) is 2.20. The fourth-order valence-electron chi connectivity index (χ4n) is 2.20. The van der Waals surface area contributed by atoms with Crippen molar-refractivity contribution in [2.75, 3.05) is 0 Å². The van der Waals surface area contributed by atoms with E-state index in [1.165, 1.54) is 5.57 Å². The van der Waals surface area contributed by atoms with Gasteiger partial charge in [-0.3, -0.25) is 0 Å². The van der Waals surface area contributed by atoms with Gasteiger partial charge in [-0.25, -0.2) is 0 Å². The number of rotatable bonds is 4. The second-order valence-corrected chi connectivity index (χ2v) is 4.88. The van der Waals surface area contributed by atoms with Crippen LogP contribution in [0.25, 0.3) is 0 Å². The lowest BCUT2D eigenvalue weighted by Gasteiger charge is -2.38. The van der Waals surface area contributed by atoms with Gasteiger partial charge in [0.2, 0.25) is 0 Å². The molecule has 1 heterocycles. The Hall–Kier alpha value is -0.630. The number of hydrogen-bond donors (Lipinski definition) is 0. The van der Waals surface area contributed by atoms with Gasteiger partial charge in [-0.05, 0) is 30.3 Å². The molecule has 0 spiro atoms. The van der Waals surface area contributed by atoms with Crippen molar-refractivity contribution < 1.29 is 9.53 Å². The molecule has 1 aliphatic heterocycles. The standard InChI is InChI=1S/C13H22O2/c1-9(2)13-11(4)10(3)8-12(15-13)6-5-7-14/h7,9-10,12-13H,4-6,8H2,1-3H3. The van der Waals surface area contributed by atoms with E-state index in [0.717, 1.165) is 19.1 Å². The maximum atomic E-state index is 10.3. The first kappa shape index (κ1) is 12.4. The number of carbonyl (C=O) groups is 1. The van der Waals surface area contributed by atoms with E-state index in [1.54, 1.807) is 0 Å². The second kappa shape index (κ2) is 5.45. The summed E-state index contributed by atoms with van der Waals surface area (Å²) in [4.78, 5) is 10.3. The quantitative estimate of drug-likeness (QED) is 0.526. The maximum absolute atomic E-state index is 10.3. The van der Waals surface area contributed by atoms with E-state index >= 15 is 0 Å². The molecule has 15 heavy (non-hydrogen) atoms. The Morgan fingerprint density at radius 2 is 2.27 bits per heavy atom. The molecule has 2 heteroatoms. The van der Waals surface area contributed by atoms with Gasteiger partial charge in [-0.2, -0.15) is 0 Å². The highest BCUT2D eigenvalue weighted by atomic mass is 16.5. The van der Waals surface area contributed by atoms with E-state index in [0.29, 0.717) is 18.3 Å². The van der Waals surface area contributed by atoms with Crippen molar-refractivity contribution in [3.05, 3.63) is 12.2 Å². The van der Waals surface area contributed by atoms with Gasteiger partial charge < -0.3 is 9.53 Å². The topological polar surface area (TPSA) is 26.3 Å². The second-order valence-electron chi connectivity index (χ2n) is 4.88. The third-order valence-corrected chi connectivity index (χ3v) is 3.17. The molecule has 1 rings (SSSR count). The molecule has 3 atom stereocenters. The van der Waals surface area contributed by atoms with Crippen LogP contribution in [0.4, 0.5) is 0 Å². The summed E-state index contributed by atoms with van der Waals surface area (Å²) in [6.45, 7) is 10.6. The van der Waals surface area contributed by atoms with Gasteiger partial charge in [0.05, 0.1) is 12.2 Å². The zero-order valence-corrected chi connectivity index (χ0v) is 10.0. The summed E-state index contributed by atoms with van der Waals surface area (Å²) in [7, 11) is 0. The van der Waals surface area contributed by atoms with Crippen molar-refractivity contribution in [3.8, 4) is 0 Å². The number of hydrogen-bond acceptors (Lipinski definition) is 2. The van der Waals surface area contributed by atoms with Crippen LogP contribution in [0.15, 0.2) is 12.2 Å². The molecule has 0 bridgehead atoms. The Morgan fingerprint density at radius 3 is 2.80 bits per heavy atom. The zero-order chi connectivity index (χ0) is 11.4. The van der Waals surface area contributed by atoms with E-state index in [-0.39, 0.29) is 12.2 Å². The van der Waals surface area contributed by atoms with Crippen molar-refractivity contribution in [1.82, 2.24) is 0 Å². The molecule has 0 aromatic heterocycles. The van der Waals surface area contributed by atoms with Crippen LogP contribution in [-0.2, 0) is 9.53 Å². The highest BCUT2D eigenvalue weighted by Gasteiger charge is 2.31. The molecule has 86 valence electrons. The molecule has 3 unspecified atom stereocenters. The summed E-state index contributed by atoms with van der Waals surface area (Å²) in [5, 5.41) is 0. The molecular formula is C13H22O2. The maximum Gasteiger partial charge on any atom is 0.120 e. The van der Waals surface area contributed by atoms with Crippen LogP contribution in [0.1, 0.15) is 40.0 Å². The zero-order valence-electron chi connectivity index (χ0n) is 10.0. The Labute approximate surface area is 92.7 Å². The van der Waals surface area contributed by atoms with Gasteiger partial charge in [0, 0.05) is 6.42 Å². The van der Waals surface area contributed by atoms with Crippen molar-refractivity contribution in [1.29, 1.82) is 0 Å². The third kappa shape index (κ3) is 3.16. The first-order valence-corrected chi connectivity index (χ1v) is 5.84. The Kier molecular flexibility index (Phi) is 4.52. The number of carbonyl (C=O) groups excluding carboxylic acids is 1. The fraction of sp³-hybridized carbons (Fsp3) is 0.769. The van der Waals surface area contributed by atoms with Gasteiger partial charge in [-0.1, -0.05) is 27.4 Å². The number of aldehydes is 1. The normalized spacial score (nSPS) is 32.0. The van der Waals surface area contributed by atoms with Crippen LogP contribution in [0.2, 0.25) is 0 Å². The van der Waals surface area contributed by atoms with Crippen LogP contribution in [-0.4, -0.2) is 18.5 Å². The Balaban J connectivity index is 2.58. The van der Waals surface area contributed by atoms with Gasteiger partial charge in [0.1, 0.15) is 6.29 Å². The SMILES string of the molecule is C=C1C(C)CC(CCC=O)OC1C(C)C. The van der Waals surface area contributed by atoms with Crippen LogP contribution in [0, 0.1) is 11.8 Å². The van der Waals surface area contributed by atoms with Gasteiger partial charge in [-0.15, -0.1) is 0 Å². The first-order chi connectivity index (χ1) is 7.06. The van der Waals surface area contributed by atoms with Crippen LogP contribution < -0.4 is 0 Å². The summed E-state index contributed by atoms with van der Waals surface area (Å²) in [5.74, 6) is 0.988. The molecule has 0 radical (unpaired) electrons. The summed E-state index contributed by atoms with van der Waals surface area (Å²) in [6.07, 6.45) is 3.85. The first-order valence-electron chi connectivity index (χ1n) is 5.84. The highest BCUT2D eigenvalue weighted by Crippen LogP contribution is 2.33. The molecule has 0 saturated carbocycles. The smallest absolute Gasteiger partial charge is 0.120 e. The molecule has 0 aromatic carbocycles. The highest BCUT2D eigenvalue weighted by molar-refractivity contribution is 5.49. The van der Waals surface area contributed by atoms with E-state index < -0.39 is 0 Å². The van der Waals surface area contributed by atoms with Crippen molar-refractivity contribution in [2.45, 2.75) is 52.2 Å². The molecule has 0 N–H and O–H groups in total. The summed E-state index contributed by atoms with van der Waals surface area (Å²) < 4.78 is 5.97. The molecule has 1 aliphatic rings. The van der Waals surface area contributed by atoms with E-state index in [2.05, 4.69) is 27.4 Å². The predicted molar refractivity (Wildman–Crippen MR) is 61.7 cm³/mol. The molecule has 1 fully saturated rings. The molecular weight excluding hydrogens is 188 g/mol. The summed E-state index contributed by atoms with van der Waals surface area (Å²) in [5.41, 5.74) is 1.22. The summed E-state index contributed by atoms with van der Waals surface area (Å²) >= 11 is 0. The minimum atomic E-state index is 0.172. The lowest BCUT2D eigenvalue weighted by molar-refractivity contribution is -0.109. The van der Waals surface area contributed by atoms with Crippen LogP contribution in [0.3, 0.4) is 0 Å². The van der Waals surface area contributed by atoms with Gasteiger partial charge in [0.15, 0.2) is 0 Å². The van der Waals surface area contributed by atoms with Gasteiger partial charge >= 0.3 is 0 Å². The Morgan fingerprint density at radius 1 is 1.60 bits per heavy atom. The molecule has 0 amide bonds. The van der Waals surface area contributed by atoms with Gasteiger partial charge in [0.25, 0.3) is 0 Å². The minimum Gasteiger partial charge on any atom is -0.370 e. The van der Waals surface area contributed by atoms with Crippen molar-refractivity contribution >= 4 is 6.29 Å². The van der Waals surface area contributed by atoms with E-state index in [9.17, 15) is 4.79 Å². The monoisotopic (exact) mass is 210 g/mol.